The maximum atomic E-state index is 12.7. The Labute approximate surface area is 175 Å². The van der Waals surface area contributed by atoms with Gasteiger partial charge in [-0.3, -0.25) is 9.69 Å². The molecule has 0 radical (unpaired) electrons. The van der Waals surface area contributed by atoms with E-state index in [1.807, 2.05) is 31.2 Å². The Hall–Kier alpha value is -1.76. The lowest BCUT2D eigenvalue weighted by Gasteiger charge is -2.20. The first-order valence-corrected chi connectivity index (χ1v) is 11.6. The highest BCUT2D eigenvalue weighted by Gasteiger charge is 2.27. The number of fused-ring (bicyclic) bond motifs is 1. The van der Waals surface area contributed by atoms with Crippen molar-refractivity contribution in [3.63, 3.8) is 0 Å². The van der Waals surface area contributed by atoms with Gasteiger partial charge in [-0.05, 0) is 30.5 Å². The molecule has 2 aliphatic heterocycles. The third-order valence-electron chi connectivity index (χ3n) is 5.07. The van der Waals surface area contributed by atoms with Crippen LogP contribution >= 0.6 is 23.5 Å². The Morgan fingerprint density at radius 3 is 2.89 bits per heavy atom. The number of amides is 1. The molecule has 2 unspecified atom stereocenters. The minimum Gasteiger partial charge on any atom is -0.351 e. The average molecular weight is 412 g/mol. The van der Waals surface area contributed by atoms with Gasteiger partial charge >= 0.3 is 0 Å². The van der Waals surface area contributed by atoms with Crippen molar-refractivity contribution in [3.8, 4) is 0 Å². The Morgan fingerprint density at radius 1 is 1.25 bits per heavy atom. The smallest absolute Gasteiger partial charge is 0.233 e. The van der Waals surface area contributed by atoms with Crippen LogP contribution in [0.3, 0.4) is 0 Å². The summed E-state index contributed by atoms with van der Waals surface area (Å²) < 4.78 is 0.985. The molecule has 2 atom stereocenters. The second-order valence-corrected chi connectivity index (χ2v) is 9.82. The topological polar surface area (TPSA) is 44.7 Å². The molecule has 0 bridgehead atoms. The van der Waals surface area contributed by atoms with Crippen LogP contribution in [0.1, 0.15) is 24.5 Å². The fourth-order valence-corrected chi connectivity index (χ4v) is 5.73. The molecule has 0 saturated carbocycles. The number of likely N-dealkylation sites (tertiary alicyclic amines) is 1. The Bertz CT molecular complexity index is 856. The zero-order valence-corrected chi connectivity index (χ0v) is 17.6. The first-order chi connectivity index (χ1) is 13.7. The van der Waals surface area contributed by atoms with E-state index in [1.165, 1.54) is 11.1 Å². The maximum Gasteiger partial charge on any atom is 0.233 e. The minimum absolute atomic E-state index is 0.110. The van der Waals surface area contributed by atoms with Crippen LogP contribution in [-0.2, 0) is 17.1 Å². The summed E-state index contributed by atoms with van der Waals surface area (Å²) in [6.07, 6.45) is 1.01. The molecule has 146 valence electrons. The van der Waals surface area contributed by atoms with Crippen molar-refractivity contribution in [2.75, 3.05) is 13.1 Å². The van der Waals surface area contributed by atoms with E-state index in [9.17, 15) is 4.79 Å². The van der Waals surface area contributed by atoms with Crippen molar-refractivity contribution < 1.29 is 4.79 Å². The number of carbonyl (C=O) groups excluding carboxylic acids is 1. The SMILES string of the molecule is CC(SC1=Nc2ccccc2CS1)C(=O)NC1CCN(Cc2ccccc2)C1. The molecule has 2 aromatic rings. The van der Waals surface area contributed by atoms with Crippen molar-refractivity contribution in [2.45, 2.75) is 36.9 Å². The molecule has 4 nitrogen and oxygen atoms in total. The number of thioether (sulfide) groups is 2. The van der Waals surface area contributed by atoms with Crippen LogP contribution in [0.15, 0.2) is 59.6 Å². The lowest BCUT2D eigenvalue weighted by molar-refractivity contribution is -0.120. The van der Waals surface area contributed by atoms with Crippen LogP contribution in [-0.4, -0.2) is 39.6 Å². The first kappa shape index (κ1) is 19.6. The van der Waals surface area contributed by atoms with E-state index in [0.717, 1.165) is 41.9 Å². The molecule has 1 saturated heterocycles. The number of para-hydroxylation sites is 1. The summed E-state index contributed by atoms with van der Waals surface area (Å²) in [5, 5.41) is 3.10. The van der Waals surface area contributed by atoms with Gasteiger partial charge in [0.05, 0.1) is 10.9 Å². The molecular weight excluding hydrogens is 386 g/mol. The molecule has 0 aromatic heterocycles. The van der Waals surface area contributed by atoms with Crippen molar-refractivity contribution in [3.05, 3.63) is 65.7 Å². The predicted molar refractivity (Wildman–Crippen MR) is 120 cm³/mol. The fourth-order valence-electron chi connectivity index (χ4n) is 3.53. The monoisotopic (exact) mass is 411 g/mol. The van der Waals surface area contributed by atoms with Gasteiger partial charge in [0.25, 0.3) is 0 Å². The first-order valence-electron chi connectivity index (χ1n) is 9.70. The van der Waals surface area contributed by atoms with E-state index in [-0.39, 0.29) is 17.2 Å². The van der Waals surface area contributed by atoms with E-state index in [1.54, 1.807) is 23.5 Å². The van der Waals surface area contributed by atoms with Crippen molar-refractivity contribution >= 4 is 39.5 Å². The standard InChI is InChI=1S/C22H25N3OS2/c1-16(28-22-24-20-10-6-5-9-18(20)15-27-22)21(26)23-19-11-12-25(14-19)13-17-7-3-2-4-8-17/h2-10,16,19H,11-15H2,1H3,(H,23,26). The third-order valence-corrected chi connectivity index (χ3v) is 7.37. The molecule has 2 aromatic carbocycles. The van der Waals surface area contributed by atoms with E-state index >= 15 is 0 Å². The van der Waals surface area contributed by atoms with E-state index in [2.05, 4.69) is 40.5 Å². The summed E-state index contributed by atoms with van der Waals surface area (Å²) in [7, 11) is 0. The van der Waals surface area contributed by atoms with Gasteiger partial charge in [0, 0.05) is 31.4 Å². The van der Waals surface area contributed by atoms with Gasteiger partial charge in [0.2, 0.25) is 5.91 Å². The van der Waals surface area contributed by atoms with Crippen molar-refractivity contribution in [1.82, 2.24) is 10.2 Å². The van der Waals surface area contributed by atoms with E-state index in [0.29, 0.717) is 0 Å². The molecule has 1 amide bonds. The number of rotatable bonds is 5. The summed E-state index contributed by atoms with van der Waals surface area (Å²) in [4.78, 5) is 19.8. The van der Waals surface area contributed by atoms with Gasteiger partial charge in [0.15, 0.2) is 0 Å². The molecular formula is C22H25N3OS2. The molecule has 0 spiro atoms. The molecule has 2 aliphatic rings. The van der Waals surface area contributed by atoms with Crippen LogP contribution in [0.5, 0.6) is 0 Å². The lowest BCUT2D eigenvalue weighted by atomic mass is 10.2. The number of hydrogen-bond acceptors (Lipinski definition) is 5. The Balaban J connectivity index is 1.27. The molecule has 1 N–H and O–H groups in total. The van der Waals surface area contributed by atoms with Crippen LogP contribution in [0, 0.1) is 0 Å². The molecule has 28 heavy (non-hydrogen) atoms. The molecule has 2 heterocycles. The summed E-state index contributed by atoms with van der Waals surface area (Å²) in [6.45, 7) is 4.87. The highest BCUT2D eigenvalue weighted by molar-refractivity contribution is 8.39. The number of nitrogens with zero attached hydrogens (tertiary/aromatic N) is 2. The second-order valence-electron chi connectivity index (χ2n) is 7.27. The van der Waals surface area contributed by atoms with Gasteiger partial charge < -0.3 is 5.32 Å². The summed E-state index contributed by atoms with van der Waals surface area (Å²) in [6, 6.07) is 19.0. The molecule has 4 rings (SSSR count). The van der Waals surface area contributed by atoms with Crippen molar-refractivity contribution in [2.24, 2.45) is 4.99 Å². The summed E-state index contributed by atoms with van der Waals surface area (Å²) in [5.74, 6) is 1.03. The molecule has 0 aliphatic carbocycles. The van der Waals surface area contributed by atoms with Crippen molar-refractivity contribution in [1.29, 1.82) is 0 Å². The van der Waals surface area contributed by atoms with Gasteiger partial charge in [0.1, 0.15) is 4.38 Å². The summed E-state index contributed by atoms with van der Waals surface area (Å²) >= 11 is 3.29. The lowest BCUT2D eigenvalue weighted by Crippen LogP contribution is -2.41. The number of benzene rings is 2. The average Bonchev–Trinajstić information content (AvgIpc) is 3.15. The second kappa shape index (κ2) is 9.16. The zero-order valence-electron chi connectivity index (χ0n) is 16.0. The van der Waals surface area contributed by atoms with Crippen LogP contribution in [0.2, 0.25) is 0 Å². The minimum atomic E-state index is -0.139. The molecule has 1 fully saturated rings. The largest absolute Gasteiger partial charge is 0.351 e. The van der Waals surface area contributed by atoms with Gasteiger partial charge in [-0.2, -0.15) is 0 Å². The van der Waals surface area contributed by atoms with Gasteiger partial charge in [-0.1, -0.05) is 72.1 Å². The van der Waals surface area contributed by atoms with Crippen LogP contribution in [0.4, 0.5) is 5.69 Å². The zero-order chi connectivity index (χ0) is 19.3. The summed E-state index contributed by atoms with van der Waals surface area (Å²) in [5.41, 5.74) is 3.62. The van der Waals surface area contributed by atoms with E-state index in [4.69, 9.17) is 4.99 Å². The Kier molecular flexibility index (Phi) is 6.40. The normalized spacial score (nSPS) is 20.3. The number of aliphatic imine (C=N–C) groups is 1. The molecule has 6 heteroatoms. The highest BCUT2D eigenvalue weighted by atomic mass is 32.2. The third kappa shape index (κ3) is 4.99. The number of hydrogen-bond donors (Lipinski definition) is 1. The number of carbonyl (C=O) groups is 1. The van der Waals surface area contributed by atoms with Crippen LogP contribution in [0.25, 0.3) is 0 Å². The number of nitrogens with one attached hydrogen (secondary N) is 1. The predicted octanol–water partition coefficient (Wildman–Crippen LogP) is 4.43. The van der Waals surface area contributed by atoms with Crippen LogP contribution < -0.4 is 5.32 Å². The van der Waals surface area contributed by atoms with Gasteiger partial charge in [-0.15, -0.1) is 0 Å². The quantitative estimate of drug-likeness (QED) is 0.790. The van der Waals surface area contributed by atoms with E-state index < -0.39 is 0 Å². The highest BCUT2D eigenvalue weighted by Crippen LogP contribution is 2.35. The Morgan fingerprint density at radius 2 is 2.04 bits per heavy atom. The van der Waals surface area contributed by atoms with Gasteiger partial charge in [-0.25, -0.2) is 4.99 Å². The maximum absolute atomic E-state index is 12.7. The fraction of sp³-hybridized carbons (Fsp3) is 0.364.